The first-order valence-corrected chi connectivity index (χ1v) is 28.4. The number of hydrogen-bond acceptors (Lipinski definition) is 3. The highest BCUT2D eigenvalue weighted by molar-refractivity contribution is 7.00. The maximum Gasteiger partial charge on any atom is 0.252 e. The molecule has 2 aliphatic heterocycles. The van der Waals surface area contributed by atoms with Crippen LogP contribution in [0, 0.1) is 0 Å². The number of rotatable bonds is 7. The highest BCUT2D eigenvalue weighted by Gasteiger charge is 2.50. The number of para-hydroxylation sites is 3. The number of fused-ring (bicyclic) bond motifs is 10. The van der Waals surface area contributed by atoms with Crippen molar-refractivity contribution in [1.29, 1.82) is 0 Å². The van der Waals surface area contributed by atoms with Gasteiger partial charge < -0.3 is 14.2 Å². The first-order chi connectivity index (χ1) is 39.8. The first kappa shape index (κ1) is 47.1. The Morgan fingerprint density at radius 3 is 1.44 bits per heavy atom. The molecule has 3 heterocycles. The van der Waals surface area contributed by atoms with Gasteiger partial charge in [-0.1, -0.05) is 245 Å². The summed E-state index contributed by atoms with van der Waals surface area (Å²) >= 11 is 0. The summed E-state index contributed by atoms with van der Waals surface area (Å²) in [6.07, 6.45) is 0. The second kappa shape index (κ2) is 18.1. The van der Waals surface area contributed by atoms with Gasteiger partial charge >= 0.3 is 0 Å². The molecule has 0 bridgehead atoms. The zero-order valence-corrected chi connectivity index (χ0v) is 45.4. The van der Waals surface area contributed by atoms with Gasteiger partial charge in [0, 0.05) is 44.6 Å². The monoisotopic (exact) mass is 1030 g/mol. The Labute approximate surface area is 473 Å². The van der Waals surface area contributed by atoms with Crippen LogP contribution in [0.2, 0.25) is 0 Å². The molecule has 13 aromatic rings. The van der Waals surface area contributed by atoms with E-state index in [0.717, 1.165) is 50.1 Å². The summed E-state index contributed by atoms with van der Waals surface area (Å²) in [4.78, 5) is 5.26. The first-order valence-electron chi connectivity index (χ1n) is 28.4. The lowest BCUT2D eigenvalue weighted by atomic mass is 9.33. The van der Waals surface area contributed by atoms with E-state index in [1.165, 1.54) is 94.6 Å². The normalized spacial score (nSPS) is 13.6. The molecule has 0 fully saturated rings. The van der Waals surface area contributed by atoms with Crippen LogP contribution in [0.3, 0.4) is 0 Å². The van der Waals surface area contributed by atoms with Gasteiger partial charge in [0.15, 0.2) is 0 Å². The lowest BCUT2D eigenvalue weighted by Crippen LogP contribution is -2.61. The van der Waals surface area contributed by atoms with Crippen LogP contribution in [0.15, 0.2) is 283 Å². The molecular formula is C77H55BN2O. The van der Waals surface area contributed by atoms with Gasteiger partial charge in [-0.15, -0.1) is 0 Å². The Balaban J connectivity index is 1.05. The summed E-state index contributed by atoms with van der Waals surface area (Å²) < 4.78 is 6.41. The molecule has 3 nitrogen and oxygen atoms in total. The minimum absolute atomic E-state index is 0.165. The van der Waals surface area contributed by atoms with Gasteiger partial charge in [-0.25, -0.2) is 0 Å². The van der Waals surface area contributed by atoms with Crippen molar-refractivity contribution < 1.29 is 4.42 Å². The van der Waals surface area contributed by atoms with Crippen LogP contribution in [-0.4, -0.2) is 6.71 Å². The molecule has 0 amide bonds. The Bertz CT molecular complexity index is 4600. The van der Waals surface area contributed by atoms with E-state index in [-0.39, 0.29) is 12.1 Å². The van der Waals surface area contributed by atoms with E-state index in [2.05, 4.69) is 304 Å². The van der Waals surface area contributed by atoms with Crippen molar-refractivity contribution in [2.45, 2.75) is 31.6 Å². The molecule has 0 atom stereocenters. The maximum absolute atomic E-state index is 6.41. The largest absolute Gasteiger partial charge is 0.456 e. The van der Waals surface area contributed by atoms with E-state index in [4.69, 9.17) is 4.42 Å². The predicted octanol–water partition coefficient (Wildman–Crippen LogP) is 18.3. The molecule has 0 saturated carbocycles. The molecule has 382 valence electrons. The Hall–Kier alpha value is -9.90. The molecule has 81 heavy (non-hydrogen) atoms. The molecule has 1 aliphatic carbocycles. The lowest BCUT2D eigenvalue weighted by molar-refractivity contribution is 0.590. The fourth-order valence-electron chi connectivity index (χ4n) is 14.0. The van der Waals surface area contributed by atoms with Crippen LogP contribution in [0.1, 0.15) is 48.6 Å². The van der Waals surface area contributed by atoms with Crippen molar-refractivity contribution in [2.75, 3.05) is 9.80 Å². The van der Waals surface area contributed by atoms with Crippen LogP contribution in [0.25, 0.3) is 66.4 Å². The summed E-state index contributed by atoms with van der Waals surface area (Å²) in [5, 5.41) is 2.24. The highest BCUT2D eigenvalue weighted by Crippen LogP contribution is 2.58. The minimum Gasteiger partial charge on any atom is -0.456 e. The smallest absolute Gasteiger partial charge is 0.252 e. The van der Waals surface area contributed by atoms with Crippen molar-refractivity contribution in [2.24, 2.45) is 0 Å². The average molecular weight is 1040 g/mol. The molecule has 0 unspecified atom stereocenters. The van der Waals surface area contributed by atoms with Crippen molar-refractivity contribution in [1.82, 2.24) is 0 Å². The molecule has 12 aromatic carbocycles. The lowest BCUT2D eigenvalue weighted by Gasteiger charge is -2.46. The van der Waals surface area contributed by atoms with E-state index in [9.17, 15) is 0 Å². The maximum atomic E-state index is 6.41. The third-order valence-corrected chi connectivity index (χ3v) is 17.7. The highest BCUT2D eigenvalue weighted by atomic mass is 16.3. The zero-order valence-electron chi connectivity index (χ0n) is 45.4. The molecule has 0 radical (unpaired) electrons. The third kappa shape index (κ3) is 7.09. The predicted molar refractivity (Wildman–Crippen MR) is 340 cm³/mol. The van der Waals surface area contributed by atoms with Gasteiger partial charge in [0.05, 0.1) is 16.8 Å². The van der Waals surface area contributed by atoms with Crippen LogP contribution in [0.5, 0.6) is 0 Å². The number of benzene rings is 12. The average Bonchev–Trinajstić information content (AvgIpc) is 2.76. The van der Waals surface area contributed by atoms with E-state index in [1.54, 1.807) is 0 Å². The Morgan fingerprint density at radius 2 is 0.827 bits per heavy atom. The van der Waals surface area contributed by atoms with Crippen LogP contribution >= 0.6 is 0 Å². The SMILES string of the molecule is CC(C)(C)c1cc2c3c(c1)N(c1ccccc1-c1ccccc1)c1cc4c(cc1B3c1ccc(-c3ccc5oc6ccccc6c5c3)cc1N2c1ccccc1-c1ccccc1)C(c1ccccc1)(c1ccccc1)c1ccccc1-4. The summed E-state index contributed by atoms with van der Waals surface area (Å²) in [5.41, 5.74) is 27.6. The van der Waals surface area contributed by atoms with Crippen LogP contribution in [-0.2, 0) is 10.8 Å². The van der Waals surface area contributed by atoms with Crippen molar-refractivity contribution in [3.63, 3.8) is 0 Å². The topological polar surface area (TPSA) is 19.6 Å². The van der Waals surface area contributed by atoms with E-state index in [0.29, 0.717) is 0 Å². The van der Waals surface area contributed by atoms with E-state index in [1.807, 2.05) is 6.07 Å². The minimum atomic E-state index is -0.604. The number of nitrogens with zero attached hydrogens (tertiary/aromatic N) is 2. The summed E-state index contributed by atoms with van der Waals surface area (Å²) in [6, 6.07) is 104. The summed E-state index contributed by atoms with van der Waals surface area (Å²) in [7, 11) is 0. The van der Waals surface area contributed by atoms with Gasteiger partial charge in [-0.3, -0.25) is 0 Å². The molecule has 4 heteroatoms. The molecule has 0 N–H and O–H groups in total. The Morgan fingerprint density at radius 1 is 0.333 bits per heavy atom. The van der Waals surface area contributed by atoms with E-state index < -0.39 is 5.41 Å². The molecular weight excluding hydrogens is 980 g/mol. The molecule has 3 aliphatic rings. The van der Waals surface area contributed by atoms with Gasteiger partial charge in [0.1, 0.15) is 11.2 Å². The van der Waals surface area contributed by atoms with Gasteiger partial charge in [-0.05, 0) is 138 Å². The summed E-state index contributed by atoms with van der Waals surface area (Å²) in [5.74, 6) is 0. The van der Waals surface area contributed by atoms with Gasteiger partial charge in [0.2, 0.25) is 0 Å². The van der Waals surface area contributed by atoms with Crippen molar-refractivity contribution in [3.05, 3.63) is 307 Å². The van der Waals surface area contributed by atoms with Crippen LogP contribution in [0.4, 0.5) is 34.1 Å². The standard InChI is InChI=1S/C77H55BN2O/c1-76(2,3)56-46-71-75-72(47-56)80(68-38-22-18-33-58(68)51-26-10-5-11-27-51)70-48-61-59-34-16-20-36-63(59)77(54-28-12-6-13-29-54,55-30-14-7-15-31-55)64(61)49-66(70)78(75)65-42-40-53(52-41-43-74-62(44-52)60-35-19-23-39-73(60)81-74)45-69(65)79(71)67-37-21-17-32-57(67)50-24-8-4-9-25-50/h4-49H,1-3H3. The van der Waals surface area contributed by atoms with Gasteiger partial charge in [-0.2, -0.15) is 0 Å². The summed E-state index contributed by atoms with van der Waals surface area (Å²) in [6.45, 7) is 6.92. The van der Waals surface area contributed by atoms with Crippen LogP contribution < -0.4 is 26.2 Å². The quantitative estimate of drug-likeness (QED) is 0.148. The van der Waals surface area contributed by atoms with Gasteiger partial charge in [0.25, 0.3) is 6.71 Å². The van der Waals surface area contributed by atoms with E-state index >= 15 is 0 Å². The molecule has 0 saturated heterocycles. The fourth-order valence-corrected chi connectivity index (χ4v) is 14.0. The third-order valence-electron chi connectivity index (χ3n) is 17.7. The number of furan rings is 1. The second-order valence-electron chi connectivity index (χ2n) is 23.1. The van der Waals surface area contributed by atoms with Crippen molar-refractivity contribution in [3.8, 4) is 44.5 Å². The Kier molecular flexibility index (Phi) is 10.5. The van der Waals surface area contributed by atoms with Crippen molar-refractivity contribution >= 4 is 79.2 Å². The second-order valence-corrected chi connectivity index (χ2v) is 23.1. The zero-order chi connectivity index (χ0) is 54.0. The molecule has 16 rings (SSSR count). The molecule has 1 aromatic heterocycles. The molecule has 0 spiro atoms. The number of anilines is 6. The fraction of sp³-hybridized carbons (Fsp3) is 0.0649. The number of hydrogen-bond donors (Lipinski definition) is 0.